The zero-order chi connectivity index (χ0) is 16.2. The van der Waals surface area contributed by atoms with E-state index in [1.807, 2.05) is 0 Å². The summed E-state index contributed by atoms with van der Waals surface area (Å²) in [7, 11) is -1.95. The van der Waals surface area contributed by atoms with Crippen molar-refractivity contribution in [2.45, 2.75) is 19.9 Å². The second kappa shape index (κ2) is 7.11. The summed E-state index contributed by atoms with van der Waals surface area (Å²) >= 11 is 5.96. The Kier molecular flexibility index (Phi) is 6.00. The molecule has 0 saturated heterocycles. The molecule has 0 heterocycles. The minimum atomic E-state index is -3.44. The maximum Gasteiger partial charge on any atom is 0.239 e. The van der Waals surface area contributed by atoms with E-state index in [9.17, 15) is 13.2 Å². The standard InChI is InChI=1S/C13H19ClN2O4S/c1-9(2)16(21(4,18)19)8-13(17)15-10-5-6-12(20-3)11(14)7-10/h5-7,9H,8H2,1-4H3,(H,15,17). The predicted molar refractivity (Wildman–Crippen MR) is 83.3 cm³/mol. The number of nitrogens with one attached hydrogen (secondary N) is 1. The number of hydrogen-bond donors (Lipinski definition) is 1. The Hall–Kier alpha value is -1.31. The average Bonchev–Trinajstić information content (AvgIpc) is 2.34. The van der Waals surface area contributed by atoms with Gasteiger partial charge in [-0.1, -0.05) is 11.6 Å². The molecule has 8 heteroatoms. The van der Waals surface area contributed by atoms with Crippen LogP contribution in [0.4, 0.5) is 5.69 Å². The van der Waals surface area contributed by atoms with E-state index in [0.717, 1.165) is 10.6 Å². The van der Waals surface area contributed by atoms with Gasteiger partial charge in [-0.15, -0.1) is 0 Å². The minimum Gasteiger partial charge on any atom is -0.495 e. The third-order valence-corrected chi connectivity index (χ3v) is 4.44. The SMILES string of the molecule is COc1ccc(NC(=O)CN(C(C)C)S(C)(=O)=O)cc1Cl. The second-order valence-electron chi connectivity index (χ2n) is 4.80. The number of sulfonamides is 1. The predicted octanol–water partition coefficient (Wildman–Crippen LogP) is 1.96. The summed E-state index contributed by atoms with van der Waals surface area (Å²) in [4.78, 5) is 11.9. The first-order valence-corrected chi connectivity index (χ1v) is 8.48. The van der Waals surface area contributed by atoms with Gasteiger partial charge in [0.2, 0.25) is 15.9 Å². The van der Waals surface area contributed by atoms with Gasteiger partial charge in [-0.25, -0.2) is 8.42 Å². The summed E-state index contributed by atoms with van der Waals surface area (Å²) in [6.07, 6.45) is 1.07. The van der Waals surface area contributed by atoms with E-state index in [0.29, 0.717) is 16.5 Å². The van der Waals surface area contributed by atoms with Crippen LogP contribution in [0.2, 0.25) is 5.02 Å². The van der Waals surface area contributed by atoms with Crippen molar-refractivity contribution in [3.05, 3.63) is 23.2 Å². The Morgan fingerprint density at radius 3 is 2.48 bits per heavy atom. The summed E-state index contributed by atoms with van der Waals surface area (Å²) in [6, 6.07) is 4.49. The molecule has 0 bridgehead atoms. The van der Waals surface area contributed by atoms with Gasteiger partial charge in [0, 0.05) is 11.7 Å². The van der Waals surface area contributed by atoms with Gasteiger partial charge in [-0.05, 0) is 32.0 Å². The summed E-state index contributed by atoms with van der Waals surface area (Å²) in [5, 5.41) is 2.97. The van der Waals surface area contributed by atoms with Gasteiger partial charge in [0.15, 0.2) is 0 Å². The van der Waals surface area contributed by atoms with Crippen LogP contribution in [0.15, 0.2) is 18.2 Å². The monoisotopic (exact) mass is 334 g/mol. The largest absolute Gasteiger partial charge is 0.495 e. The summed E-state index contributed by atoms with van der Waals surface area (Å²) in [6.45, 7) is 3.16. The highest BCUT2D eigenvalue weighted by Crippen LogP contribution is 2.27. The van der Waals surface area contributed by atoms with Crippen molar-refractivity contribution in [1.29, 1.82) is 0 Å². The van der Waals surface area contributed by atoms with Crippen molar-refractivity contribution < 1.29 is 17.9 Å². The molecule has 0 unspecified atom stereocenters. The smallest absolute Gasteiger partial charge is 0.239 e. The lowest BCUT2D eigenvalue weighted by atomic mass is 10.3. The van der Waals surface area contributed by atoms with Crippen LogP contribution in [-0.4, -0.2) is 44.6 Å². The van der Waals surface area contributed by atoms with E-state index in [-0.39, 0.29) is 12.6 Å². The maximum atomic E-state index is 11.9. The number of methoxy groups -OCH3 is 1. The lowest BCUT2D eigenvalue weighted by Gasteiger charge is -2.23. The summed E-state index contributed by atoms with van der Waals surface area (Å²) in [5.41, 5.74) is 0.475. The highest BCUT2D eigenvalue weighted by Gasteiger charge is 2.23. The number of carbonyl (C=O) groups is 1. The normalized spacial score (nSPS) is 11.8. The van der Waals surface area contributed by atoms with Crippen LogP contribution < -0.4 is 10.1 Å². The fourth-order valence-corrected chi connectivity index (χ4v) is 3.14. The molecule has 0 atom stereocenters. The summed E-state index contributed by atoms with van der Waals surface area (Å²) < 4.78 is 29.3. The molecule has 6 nitrogen and oxygen atoms in total. The first-order chi connectivity index (χ1) is 9.65. The van der Waals surface area contributed by atoms with Crippen LogP contribution in [0.25, 0.3) is 0 Å². The number of benzene rings is 1. The molecule has 1 rings (SSSR count). The molecule has 1 amide bonds. The van der Waals surface area contributed by atoms with Gasteiger partial charge >= 0.3 is 0 Å². The van der Waals surface area contributed by atoms with Crippen LogP contribution in [0.5, 0.6) is 5.75 Å². The number of halogens is 1. The van der Waals surface area contributed by atoms with Crippen LogP contribution in [0.1, 0.15) is 13.8 Å². The molecule has 0 aromatic heterocycles. The van der Waals surface area contributed by atoms with Crippen molar-refractivity contribution in [2.24, 2.45) is 0 Å². The molecule has 0 aliphatic carbocycles. The van der Waals surface area contributed by atoms with Gasteiger partial charge in [-0.2, -0.15) is 4.31 Å². The van der Waals surface area contributed by atoms with Gasteiger partial charge in [0.25, 0.3) is 0 Å². The van der Waals surface area contributed by atoms with Crippen LogP contribution in [0.3, 0.4) is 0 Å². The third kappa shape index (κ3) is 5.18. The highest BCUT2D eigenvalue weighted by molar-refractivity contribution is 7.88. The van der Waals surface area contributed by atoms with Crippen molar-refractivity contribution in [3.63, 3.8) is 0 Å². The number of ether oxygens (including phenoxy) is 1. The van der Waals surface area contributed by atoms with Crippen molar-refractivity contribution in [3.8, 4) is 5.75 Å². The quantitative estimate of drug-likeness (QED) is 0.862. The van der Waals surface area contributed by atoms with Crippen LogP contribution in [-0.2, 0) is 14.8 Å². The van der Waals surface area contributed by atoms with E-state index in [2.05, 4.69) is 5.32 Å². The number of amides is 1. The van der Waals surface area contributed by atoms with Gasteiger partial charge < -0.3 is 10.1 Å². The van der Waals surface area contributed by atoms with E-state index in [1.165, 1.54) is 7.11 Å². The Bertz CT molecular complexity index is 617. The lowest BCUT2D eigenvalue weighted by Crippen LogP contribution is -2.41. The Morgan fingerprint density at radius 1 is 1.43 bits per heavy atom. The van der Waals surface area contributed by atoms with Gasteiger partial charge in [-0.3, -0.25) is 4.79 Å². The molecule has 1 N–H and O–H groups in total. The second-order valence-corrected chi connectivity index (χ2v) is 7.14. The first kappa shape index (κ1) is 17.7. The molecule has 0 aliphatic rings. The van der Waals surface area contributed by atoms with E-state index in [1.54, 1.807) is 32.0 Å². The van der Waals surface area contributed by atoms with E-state index in [4.69, 9.17) is 16.3 Å². The number of nitrogens with zero attached hydrogens (tertiary/aromatic N) is 1. The van der Waals surface area contributed by atoms with Gasteiger partial charge in [0.1, 0.15) is 5.75 Å². The highest BCUT2D eigenvalue weighted by atomic mass is 35.5. The zero-order valence-corrected chi connectivity index (χ0v) is 14.0. The molecule has 0 radical (unpaired) electrons. The number of carbonyl (C=O) groups excluding carboxylic acids is 1. The number of hydrogen-bond acceptors (Lipinski definition) is 4. The molecule has 0 spiro atoms. The van der Waals surface area contributed by atoms with Gasteiger partial charge in [0.05, 0.1) is 24.9 Å². The third-order valence-electron chi connectivity index (χ3n) is 2.74. The zero-order valence-electron chi connectivity index (χ0n) is 12.4. The molecular formula is C13H19ClN2O4S. The fourth-order valence-electron chi connectivity index (χ4n) is 1.77. The number of rotatable bonds is 6. The van der Waals surface area contributed by atoms with E-state index < -0.39 is 15.9 Å². The van der Waals surface area contributed by atoms with Crippen molar-refractivity contribution >= 4 is 33.2 Å². The Labute approximate surface area is 130 Å². The van der Waals surface area contributed by atoms with Crippen LogP contribution in [0, 0.1) is 0 Å². The molecular weight excluding hydrogens is 316 g/mol. The Morgan fingerprint density at radius 2 is 2.05 bits per heavy atom. The molecule has 1 aromatic rings. The topological polar surface area (TPSA) is 75.7 Å². The van der Waals surface area contributed by atoms with E-state index >= 15 is 0 Å². The molecule has 0 aliphatic heterocycles. The molecule has 21 heavy (non-hydrogen) atoms. The molecule has 1 aromatic carbocycles. The average molecular weight is 335 g/mol. The minimum absolute atomic E-state index is 0.250. The number of anilines is 1. The molecule has 118 valence electrons. The molecule has 0 saturated carbocycles. The van der Waals surface area contributed by atoms with Crippen molar-refractivity contribution in [2.75, 3.05) is 25.2 Å². The van der Waals surface area contributed by atoms with Crippen LogP contribution >= 0.6 is 11.6 Å². The maximum absolute atomic E-state index is 11.9. The fraction of sp³-hybridized carbons (Fsp3) is 0.462. The first-order valence-electron chi connectivity index (χ1n) is 6.25. The van der Waals surface area contributed by atoms with Crippen molar-refractivity contribution in [1.82, 2.24) is 4.31 Å². The molecule has 0 fully saturated rings. The Balaban J connectivity index is 2.79. The summed E-state index contributed by atoms with van der Waals surface area (Å²) in [5.74, 6) is 0.0602. The lowest BCUT2D eigenvalue weighted by molar-refractivity contribution is -0.116.